The molecule has 1 amide bonds. The summed E-state index contributed by atoms with van der Waals surface area (Å²) in [4.78, 5) is 14.4. The average molecular weight is 381 g/mol. The summed E-state index contributed by atoms with van der Waals surface area (Å²) in [6, 6.07) is 6.77. The maximum absolute atomic E-state index is 13.6. The van der Waals surface area contributed by atoms with Crippen LogP contribution in [0.1, 0.15) is 30.7 Å². The Morgan fingerprint density at radius 3 is 2.88 bits per heavy atom. The number of thioether (sulfide) groups is 1. The van der Waals surface area contributed by atoms with E-state index in [1.165, 1.54) is 6.07 Å². The molecule has 2 unspecified atom stereocenters. The number of nitrogens with one attached hydrogen (secondary N) is 2. The smallest absolute Gasteiger partial charge is 0.239 e. The number of nitrogens with zero attached hydrogens (tertiary/aromatic N) is 1. The number of piperidine rings is 1. The largest absolute Gasteiger partial charge is 0.341 e. The van der Waals surface area contributed by atoms with Gasteiger partial charge in [-0.25, -0.2) is 4.39 Å². The van der Waals surface area contributed by atoms with Gasteiger partial charge in [0, 0.05) is 31.6 Å². The minimum Gasteiger partial charge on any atom is -0.341 e. The Labute approximate surface area is 159 Å². The Balaban J connectivity index is 1.56. The molecule has 0 bridgehead atoms. The van der Waals surface area contributed by atoms with E-state index >= 15 is 0 Å². The van der Waals surface area contributed by atoms with E-state index in [0.29, 0.717) is 5.92 Å². The summed E-state index contributed by atoms with van der Waals surface area (Å²) < 4.78 is 13.6. The van der Waals surface area contributed by atoms with Crippen LogP contribution in [0.2, 0.25) is 0 Å². The zero-order valence-corrected chi connectivity index (χ0v) is 16.1. The molecule has 2 heterocycles. The van der Waals surface area contributed by atoms with E-state index in [9.17, 15) is 9.18 Å². The Hall–Kier alpha value is -1.15. The number of amides is 1. The normalized spacial score (nSPS) is 25.4. The van der Waals surface area contributed by atoms with Crippen molar-refractivity contribution in [2.75, 3.05) is 31.6 Å². The van der Waals surface area contributed by atoms with Crippen LogP contribution in [0.3, 0.4) is 0 Å². The third-order valence-corrected chi connectivity index (χ3v) is 6.25. The lowest BCUT2D eigenvalue weighted by molar-refractivity contribution is -0.134. The Morgan fingerprint density at radius 2 is 2.19 bits per heavy atom. The van der Waals surface area contributed by atoms with Gasteiger partial charge in [0.05, 0.1) is 6.04 Å². The second-order valence-corrected chi connectivity index (χ2v) is 8.25. The van der Waals surface area contributed by atoms with Crippen LogP contribution in [0, 0.1) is 11.7 Å². The van der Waals surface area contributed by atoms with Gasteiger partial charge in [-0.15, -0.1) is 0 Å². The van der Waals surface area contributed by atoms with E-state index in [0.717, 1.165) is 50.2 Å². The van der Waals surface area contributed by atoms with E-state index in [1.807, 2.05) is 17.2 Å². The predicted molar refractivity (Wildman–Crippen MR) is 104 cm³/mol. The van der Waals surface area contributed by atoms with E-state index in [1.54, 1.807) is 23.9 Å². The number of likely N-dealkylation sites (tertiary alicyclic amines) is 1. The van der Waals surface area contributed by atoms with Gasteiger partial charge in [0.15, 0.2) is 0 Å². The van der Waals surface area contributed by atoms with Crippen molar-refractivity contribution in [3.63, 3.8) is 0 Å². The molecule has 4 N–H and O–H groups in total. The predicted octanol–water partition coefficient (Wildman–Crippen LogP) is 1.70. The van der Waals surface area contributed by atoms with Gasteiger partial charge in [-0.05, 0) is 54.9 Å². The molecule has 3 atom stereocenters. The van der Waals surface area contributed by atoms with Gasteiger partial charge < -0.3 is 10.6 Å². The lowest BCUT2D eigenvalue weighted by atomic mass is 9.80. The first-order valence-electron chi connectivity index (χ1n) is 9.37. The quantitative estimate of drug-likeness (QED) is 0.701. The molecule has 2 aliphatic heterocycles. The molecule has 0 radical (unpaired) electrons. The van der Waals surface area contributed by atoms with Crippen LogP contribution in [0.15, 0.2) is 24.3 Å². The summed E-state index contributed by atoms with van der Waals surface area (Å²) in [5.74, 6) is 1.52. The fraction of sp³-hybridized carbons (Fsp3) is 0.632. The lowest BCUT2D eigenvalue weighted by Gasteiger charge is -2.37. The number of halogens is 1. The topological polar surface area (TPSA) is 70.4 Å². The van der Waals surface area contributed by atoms with Crippen LogP contribution < -0.4 is 16.6 Å². The number of nitrogens with two attached hydrogens (primary N) is 1. The molecule has 3 rings (SSSR count). The van der Waals surface area contributed by atoms with Crippen molar-refractivity contribution in [1.82, 2.24) is 15.8 Å². The van der Waals surface area contributed by atoms with Crippen LogP contribution >= 0.6 is 11.8 Å². The van der Waals surface area contributed by atoms with Gasteiger partial charge in [-0.2, -0.15) is 11.8 Å². The molecule has 2 fully saturated rings. The number of rotatable bonds is 6. The van der Waals surface area contributed by atoms with Crippen molar-refractivity contribution in [1.29, 1.82) is 0 Å². The maximum Gasteiger partial charge on any atom is 0.239 e. The van der Waals surface area contributed by atoms with Crippen molar-refractivity contribution in [2.24, 2.45) is 11.7 Å². The molecule has 1 aromatic rings. The molecular formula is C19H29FN4OS. The molecule has 2 saturated heterocycles. The molecular weight excluding hydrogens is 351 g/mol. The number of hydrogen-bond acceptors (Lipinski definition) is 5. The van der Waals surface area contributed by atoms with Crippen molar-refractivity contribution in [3.05, 3.63) is 35.6 Å². The first-order chi connectivity index (χ1) is 12.6. The molecule has 0 spiro atoms. The third kappa shape index (κ3) is 4.57. The minimum atomic E-state index is -0.384. The Bertz CT molecular complexity index is 609. The van der Waals surface area contributed by atoms with E-state index < -0.39 is 0 Å². The number of hydrazine groups is 1. The molecule has 7 heteroatoms. The summed E-state index contributed by atoms with van der Waals surface area (Å²) in [5.41, 5.74) is 13.7. The Morgan fingerprint density at radius 1 is 1.42 bits per heavy atom. The van der Waals surface area contributed by atoms with Crippen LogP contribution in [0.5, 0.6) is 0 Å². The van der Waals surface area contributed by atoms with Gasteiger partial charge in [-0.1, -0.05) is 12.1 Å². The van der Waals surface area contributed by atoms with Gasteiger partial charge >= 0.3 is 0 Å². The number of carbonyl (C=O) groups is 1. The number of carbonyl (C=O) groups excluding carboxylic acids is 1. The van der Waals surface area contributed by atoms with Crippen molar-refractivity contribution >= 4 is 17.7 Å². The molecule has 1 aromatic carbocycles. The molecule has 144 valence electrons. The highest BCUT2D eigenvalue weighted by molar-refractivity contribution is 7.98. The number of benzene rings is 1. The molecule has 5 nitrogen and oxygen atoms in total. The van der Waals surface area contributed by atoms with Crippen LogP contribution in [0.4, 0.5) is 4.39 Å². The van der Waals surface area contributed by atoms with E-state index in [2.05, 4.69) is 10.9 Å². The van der Waals surface area contributed by atoms with Crippen LogP contribution in [0.25, 0.3) is 0 Å². The molecule has 0 aliphatic carbocycles. The van der Waals surface area contributed by atoms with Gasteiger partial charge in [0.1, 0.15) is 5.82 Å². The van der Waals surface area contributed by atoms with Gasteiger partial charge in [0.2, 0.25) is 5.91 Å². The first-order valence-corrected chi connectivity index (χ1v) is 10.8. The van der Waals surface area contributed by atoms with Crippen molar-refractivity contribution in [3.8, 4) is 0 Å². The zero-order chi connectivity index (χ0) is 18.5. The van der Waals surface area contributed by atoms with E-state index in [4.69, 9.17) is 5.73 Å². The highest BCUT2D eigenvalue weighted by atomic mass is 32.2. The van der Waals surface area contributed by atoms with Crippen LogP contribution in [-0.2, 0) is 4.79 Å². The highest BCUT2D eigenvalue weighted by Gasteiger charge is 2.37. The summed E-state index contributed by atoms with van der Waals surface area (Å²) >= 11 is 1.72. The summed E-state index contributed by atoms with van der Waals surface area (Å²) in [5, 5.41) is 0. The maximum atomic E-state index is 13.6. The van der Waals surface area contributed by atoms with Crippen molar-refractivity contribution in [2.45, 2.75) is 37.3 Å². The first kappa shape index (κ1) is 19.6. The average Bonchev–Trinajstić information content (AvgIpc) is 3.15. The van der Waals surface area contributed by atoms with Gasteiger partial charge in [-0.3, -0.25) is 15.6 Å². The lowest BCUT2D eigenvalue weighted by Crippen LogP contribution is -2.50. The molecule has 2 aliphatic rings. The monoisotopic (exact) mass is 380 g/mol. The SMILES string of the molecule is CSCC[C@H](N)C(=O)N1CCC(C2NNCC2c2cccc(F)c2)CC1. The van der Waals surface area contributed by atoms with Gasteiger partial charge in [0.25, 0.3) is 0 Å². The molecule has 0 aromatic heterocycles. The molecule has 26 heavy (non-hydrogen) atoms. The molecule has 0 saturated carbocycles. The fourth-order valence-electron chi connectivity index (χ4n) is 4.10. The third-order valence-electron chi connectivity index (χ3n) is 5.61. The minimum absolute atomic E-state index is 0.0803. The second-order valence-electron chi connectivity index (χ2n) is 7.26. The van der Waals surface area contributed by atoms with E-state index in [-0.39, 0.29) is 29.7 Å². The zero-order valence-electron chi connectivity index (χ0n) is 15.3. The summed E-state index contributed by atoms with van der Waals surface area (Å²) in [6.45, 7) is 2.31. The van der Waals surface area contributed by atoms with Crippen LogP contribution in [-0.4, -0.2) is 54.5 Å². The summed E-state index contributed by atoms with van der Waals surface area (Å²) in [6.07, 6.45) is 4.66. The second kappa shape index (κ2) is 9.17. The summed E-state index contributed by atoms with van der Waals surface area (Å²) in [7, 11) is 0. The Kier molecular flexibility index (Phi) is 6.92. The fourth-order valence-corrected chi connectivity index (χ4v) is 4.59. The standard InChI is InChI=1S/C19H29FN4OS/c1-26-10-7-17(21)19(25)24-8-5-13(6-9-24)18-16(12-22-23-18)14-3-2-4-15(20)11-14/h2-4,11,13,16-18,22-23H,5-10,12,21H2,1H3/t16?,17-,18?/m0/s1. The number of hydrogen-bond donors (Lipinski definition) is 3. The van der Waals surface area contributed by atoms with Crippen molar-refractivity contribution < 1.29 is 9.18 Å². The highest BCUT2D eigenvalue weighted by Crippen LogP contribution is 2.32.